The summed E-state index contributed by atoms with van der Waals surface area (Å²) in [6.07, 6.45) is 2.24. The second-order valence-electron chi connectivity index (χ2n) is 3.31. The third-order valence-corrected chi connectivity index (χ3v) is 2.17. The van der Waals surface area contributed by atoms with Crippen molar-refractivity contribution in [3.8, 4) is 5.75 Å². The lowest BCUT2D eigenvalue weighted by Gasteiger charge is -2.05. The van der Waals surface area contributed by atoms with E-state index in [1.165, 1.54) is 25.3 Å². The van der Waals surface area contributed by atoms with E-state index in [2.05, 4.69) is 0 Å². The monoisotopic (exact) mass is 237 g/mol. The maximum Gasteiger partial charge on any atom is 0.328 e. The molecule has 1 aromatic rings. The topological polar surface area (TPSA) is 89.7 Å². The molecule has 1 N–H and O–H groups in total. The molecule has 0 saturated heterocycles. The van der Waals surface area contributed by atoms with E-state index in [0.29, 0.717) is 11.1 Å². The van der Waals surface area contributed by atoms with Gasteiger partial charge in [0, 0.05) is 12.1 Å². The van der Waals surface area contributed by atoms with E-state index >= 15 is 0 Å². The average molecular weight is 237 g/mol. The third kappa shape index (κ3) is 3.04. The van der Waals surface area contributed by atoms with Gasteiger partial charge in [-0.15, -0.1) is 0 Å². The standard InChI is InChI=1S/C11H11NO5/c1-7-5-10(17-2)9(12(15)16)6-8(7)3-4-11(13)14/h3-6H,1-2H3,(H,13,14)/b4-3+. The molecule has 0 saturated carbocycles. The minimum atomic E-state index is -1.11. The number of carboxylic acids is 1. The normalized spacial score (nSPS) is 10.5. The predicted octanol–water partition coefficient (Wildman–Crippen LogP) is 2.01. The molecule has 0 unspecified atom stereocenters. The van der Waals surface area contributed by atoms with Crippen molar-refractivity contribution < 1.29 is 19.6 Å². The fourth-order valence-corrected chi connectivity index (χ4v) is 1.33. The first-order valence-corrected chi connectivity index (χ1v) is 4.69. The highest BCUT2D eigenvalue weighted by atomic mass is 16.6. The van der Waals surface area contributed by atoms with Gasteiger partial charge >= 0.3 is 11.7 Å². The van der Waals surface area contributed by atoms with Crippen LogP contribution in [0.5, 0.6) is 5.75 Å². The van der Waals surface area contributed by atoms with Gasteiger partial charge in [-0.2, -0.15) is 0 Å². The van der Waals surface area contributed by atoms with Crippen molar-refractivity contribution in [3.63, 3.8) is 0 Å². The van der Waals surface area contributed by atoms with E-state index in [0.717, 1.165) is 6.08 Å². The number of aliphatic carboxylic acids is 1. The number of rotatable bonds is 4. The fraction of sp³-hybridized carbons (Fsp3) is 0.182. The predicted molar refractivity (Wildman–Crippen MR) is 61.1 cm³/mol. The molecule has 0 aromatic heterocycles. The van der Waals surface area contributed by atoms with Crippen molar-refractivity contribution in [2.24, 2.45) is 0 Å². The Labute approximate surface area is 97.3 Å². The molecular formula is C11H11NO5. The maximum absolute atomic E-state index is 10.8. The molecule has 0 bridgehead atoms. The van der Waals surface area contributed by atoms with Gasteiger partial charge < -0.3 is 9.84 Å². The fourth-order valence-electron chi connectivity index (χ4n) is 1.33. The first-order valence-electron chi connectivity index (χ1n) is 4.69. The van der Waals surface area contributed by atoms with Crippen LogP contribution in [0.3, 0.4) is 0 Å². The van der Waals surface area contributed by atoms with Crippen molar-refractivity contribution in [2.45, 2.75) is 6.92 Å². The first-order chi connectivity index (χ1) is 7.95. The Morgan fingerprint density at radius 1 is 1.53 bits per heavy atom. The number of hydrogen-bond donors (Lipinski definition) is 1. The van der Waals surface area contributed by atoms with Crippen LogP contribution in [0.4, 0.5) is 5.69 Å². The van der Waals surface area contributed by atoms with E-state index in [1.54, 1.807) is 6.92 Å². The molecule has 6 nitrogen and oxygen atoms in total. The van der Waals surface area contributed by atoms with Crippen LogP contribution in [0.1, 0.15) is 11.1 Å². The number of methoxy groups -OCH3 is 1. The van der Waals surface area contributed by atoms with Crippen LogP contribution in [0, 0.1) is 17.0 Å². The lowest BCUT2D eigenvalue weighted by Crippen LogP contribution is -1.96. The molecule has 0 spiro atoms. The van der Waals surface area contributed by atoms with E-state index in [9.17, 15) is 14.9 Å². The quantitative estimate of drug-likeness (QED) is 0.491. The largest absolute Gasteiger partial charge is 0.490 e. The van der Waals surface area contributed by atoms with Gasteiger partial charge in [0.25, 0.3) is 0 Å². The first kappa shape index (κ1) is 12.7. The van der Waals surface area contributed by atoms with Crippen molar-refractivity contribution in [1.29, 1.82) is 0 Å². The van der Waals surface area contributed by atoms with Crippen molar-refractivity contribution in [1.82, 2.24) is 0 Å². The summed E-state index contributed by atoms with van der Waals surface area (Å²) in [5, 5.41) is 19.3. The van der Waals surface area contributed by atoms with Gasteiger partial charge in [0.2, 0.25) is 0 Å². The number of benzene rings is 1. The molecule has 0 heterocycles. The Morgan fingerprint density at radius 3 is 2.65 bits per heavy atom. The molecule has 17 heavy (non-hydrogen) atoms. The minimum absolute atomic E-state index is 0.153. The molecule has 0 aliphatic heterocycles. The Kier molecular flexibility index (Phi) is 3.82. The highest BCUT2D eigenvalue weighted by Crippen LogP contribution is 2.30. The summed E-state index contributed by atoms with van der Waals surface area (Å²) in [6.45, 7) is 1.72. The third-order valence-electron chi connectivity index (χ3n) is 2.17. The molecule has 0 radical (unpaired) electrons. The smallest absolute Gasteiger partial charge is 0.328 e. The summed E-state index contributed by atoms with van der Waals surface area (Å²) >= 11 is 0. The lowest BCUT2D eigenvalue weighted by molar-refractivity contribution is -0.385. The van der Waals surface area contributed by atoms with Gasteiger partial charge in [0.1, 0.15) is 0 Å². The lowest BCUT2D eigenvalue weighted by atomic mass is 10.1. The van der Waals surface area contributed by atoms with E-state index in [1.807, 2.05) is 0 Å². The Hall–Kier alpha value is -2.37. The number of aryl methyl sites for hydroxylation is 1. The van der Waals surface area contributed by atoms with Gasteiger partial charge in [-0.1, -0.05) is 0 Å². The maximum atomic E-state index is 10.8. The summed E-state index contributed by atoms with van der Waals surface area (Å²) in [4.78, 5) is 20.6. The zero-order chi connectivity index (χ0) is 13.0. The molecule has 0 aliphatic carbocycles. The number of ether oxygens (including phenoxy) is 1. The van der Waals surface area contributed by atoms with Crippen molar-refractivity contribution >= 4 is 17.7 Å². The second kappa shape index (κ2) is 5.11. The molecular weight excluding hydrogens is 226 g/mol. The number of nitro benzene ring substituents is 1. The van der Waals surface area contributed by atoms with Crippen molar-refractivity contribution in [2.75, 3.05) is 7.11 Å². The number of nitrogens with zero attached hydrogens (tertiary/aromatic N) is 1. The molecule has 0 aliphatic rings. The van der Waals surface area contributed by atoms with Crippen LogP contribution in [0.2, 0.25) is 0 Å². The highest BCUT2D eigenvalue weighted by Gasteiger charge is 2.16. The zero-order valence-electron chi connectivity index (χ0n) is 9.34. The average Bonchev–Trinajstić information content (AvgIpc) is 2.26. The van der Waals surface area contributed by atoms with Crippen LogP contribution in [-0.4, -0.2) is 23.1 Å². The molecule has 6 heteroatoms. The minimum Gasteiger partial charge on any atom is -0.490 e. The highest BCUT2D eigenvalue weighted by molar-refractivity contribution is 5.85. The molecule has 1 rings (SSSR count). The second-order valence-corrected chi connectivity index (χ2v) is 3.31. The SMILES string of the molecule is COc1cc(C)c(/C=C/C(=O)O)cc1[N+](=O)[O-]. The number of nitro groups is 1. The molecule has 0 atom stereocenters. The zero-order valence-corrected chi connectivity index (χ0v) is 9.34. The van der Waals surface area contributed by atoms with Gasteiger partial charge in [0.15, 0.2) is 5.75 Å². The molecule has 0 amide bonds. The van der Waals surface area contributed by atoms with Gasteiger partial charge in [-0.05, 0) is 30.2 Å². The summed E-state index contributed by atoms with van der Waals surface area (Å²) < 4.78 is 4.89. The van der Waals surface area contributed by atoms with Gasteiger partial charge in [-0.3, -0.25) is 10.1 Å². The summed E-state index contributed by atoms with van der Waals surface area (Å²) in [7, 11) is 1.34. The number of hydrogen-bond acceptors (Lipinski definition) is 4. The summed E-state index contributed by atoms with van der Waals surface area (Å²) in [5.74, 6) is -0.956. The molecule has 90 valence electrons. The van der Waals surface area contributed by atoms with Crippen LogP contribution in [-0.2, 0) is 4.79 Å². The molecule has 0 fully saturated rings. The van der Waals surface area contributed by atoms with Crippen LogP contribution in [0.25, 0.3) is 6.08 Å². The summed E-state index contributed by atoms with van der Waals surface area (Å²) in [6, 6.07) is 2.78. The van der Waals surface area contributed by atoms with E-state index in [-0.39, 0.29) is 11.4 Å². The number of carbonyl (C=O) groups is 1. The Morgan fingerprint density at radius 2 is 2.18 bits per heavy atom. The van der Waals surface area contributed by atoms with Gasteiger partial charge in [-0.25, -0.2) is 4.79 Å². The van der Waals surface area contributed by atoms with Crippen LogP contribution >= 0.6 is 0 Å². The Bertz CT molecular complexity index is 493. The van der Waals surface area contributed by atoms with Gasteiger partial charge in [0.05, 0.1) is 12.0 Å². The van der Waals surface area contributed by atoms with E-state index < -0.39 is 10.9 Å². The van der Waals surface area contributed by atoms with Crippen LogP contribution < -0.4 is 4.74 Å². The van der Waals surface area contributed by atoms with Crippen molar-refractivity contribution in [3.05, 3.63) is 39.4 Å². The number of carboxylic acid groups (broad SMARTS) is 1. The van der Waals surface area contributed by atoms with E-state index in [4.69, 9.17) is 9.84 Å². The summed E-state index contributed by atoms with van der Waals surface area (Å²) in [5.41, 5.74) is 0.980. The van der Waals surface area contributed by atoms with Crippen LogP contribution in [0.15, 0.2) is 18.2 Å². The molecule has 1 aromatic carbocycles. The Balaban J connectivity index is 3.29.